The summed E-state index contributed by atoms with van der Waals surface area (Å²) >= 11 is 0. The first-order valence-electron chi connectivity index (χ1n) is 10.8. The Bertz CT molecular complexity index is 802. The normalized spacial score (nSPS) is 16.0. The van der Waals surface area contributed by atoms with E-state index >= 15 is 0 Å². The largest absolute Gasteiger partial charge is 0.416 e. The molecule has 1 atom stereocenters. The van der Waals surface area contributed by atoms with Crippen molar-refractivity contribution in [3.05, 3.63) is 29.3 Å². The number of alkyl halides is 3. The summed E-state index contributed by atoms with van der Waals surface area (Å²) < 4.78 is 39.3. The molecule has 180 valence electrons. The Balaban J connectivity index is 1.79. The van der Waals surface area contributed by atoms with E-state index in [1.54, 1.807) is 18.0 Å². The number of nitrogens with zero attached hydrogens (tertiary/aromatic N) is 2. The highest BCUT2D eigenvalue weighted by Gasteiger charge is 2.31. The number of likely N-dealkylation sites (tertiary alicyclic amines) is 1. The van der Waals surface area contributed by atoms with Crippen molar-refractivity contribution < 1.29 is 18.0 Å². The topological polar surface area (TPSA) is 71.5 Å². The summed E-state index contributed by atoms with van der Waals surface area (Å²) in [6.07, 6.45) is -2.54. The third kappa shape index (κ3) is 8.58. The lowest BCUT2D eigenvalue weighted by Gasteiger charge is -2.34. The fourth-order valence-corrected chi connectivity index (χ4v) is 4.12. The lowest BCUT2D eigenvalue weighted by molar-refractivity contribution is -0.137. The van der Waals surface area contributed by atoms with Gasteiger partial charge in [-0.25, -0.2) is 4.79 Å². The van der Waals surface area contributed by atoms with Crippen molar-refractivity contribution in [1.29, 1.82) is 5.41 Å². The van der Waals surface area contributed by atoms with Crippen LogP contribution in [0.5, 0.6) is 0 Å². The number of rotatable bonds is 6. The second kappa shape index (κ2) is 10.8. The van der Waals surface area contributed by atoms with Crippen molar-refractivity contribution in [2.45, 2.75) is 45.3 Å². The van der Waals surface area contributed by atoms with E-state index in [9.17, 15) is 18.0 Å². The zero-order valence-corrected chi connectivity index (χ0v) is 20.4. The number of hydrogen-bond acceptors (Lipinski definition) is 3. The molecule has 2 amide bonds. The van der Waals surface area contributed by atoms with Crippen LogP contribution >= 0.6 is 9.24 Å². The van der Waals surface area contributed by atoms with E-state index in [0.717, 1.165) is 44.6 Å². The number of piperidine rings is 1. The SMILES string of the molecule is CN(CC1CCN(CCNC(=O)NC(C)(C)C)CC1)C(=N)c1cc(P)cc(C(F)(F)F)c1. The fraction of sp³-hybridized carbons (Fsp3) is 0.636. The molecule has 0 aromatic heterocycles. The number of hydrogen-bond donors (Lipinski definition) is 3. The first-order chi connectivity index (χ1) is 14.7. The van der Waals surface area contributed by atoms with Gasteiger partial charge in [0.2, 0.25) is 0 Å². The zero-order chi connectivity index (χ0) is 24.1. The lowest BCUT2D eigenvalue weighted by Crippen LogP contribution is -2.48. The van der Waals surface area contributed by atoms with E-state index in [-0.39, 0.29) is 23.0 Å². The summed E-state index contributed by atoms with van der Waals surface area (Å²) in [6, 6.07) is 3.52. The van der Waals surface area contributed by atoms with E-state index in [1.807, 2.05) is 20.8 Å². The van der Waals surface area contributed by atoms with E-state index in [4.69, 9.17) is 5.41 Å². The molecular weight excluding hydrogens is 438 g/mol. The van der Waals surface area contributed by atoms with E-state index in [0.29, 0.717) is 24.3 Å². The van der Waals surface area contributed by atoms with Gasteiger partial charge in [0.05, 0.1) is 5.56 Å². The molecule has 1 aliphatic rings. The number of amidine groups is 1. The van der Waals surface area contributed by atoms with Crippen LogP contribution in [-0.2, 0) is 6.18 Å². The van der Waals surface area contributed by atoms with Crippen LogP contribution < -0.4 is 15.9 Å². The number of amides is 2. The van der Waals surface area contributed by atoms with Crippen LogP contribution in [0, 0.1) is 11.3 Å². The van der Waals surface area contributed by atoms with Crippen LogP contribution in [0.15, 0.2) is 18.2 Å². The van der Waals surface area contributed by atoms with Gasteiger partial charge < -0.3 is 20.4 Å². The minimum Gasteiger partial charge on any atom is -0.359 e. The summed E-state index contributed by atoms with van der Waals surface area (Å²) in [5.41, 5.74) is -0.742. The highest BCUT2D eigenvalue weighted by molar-refractivity contribution is 7.27. The monoisotopic (exact) mass is 473 g/mol. The molecule has 1 aromatic carbocycles. The molecule has 0 aliphatic carbocycles. The zero-order valence-electron chi connectivity index (χ0n) is 19.3. The van der Waals surface area contributed by atoms with Crippen LogP contribution in [0.25, 0.3) is 0 Å². The molecule has 10 heteroatoms. The minimum atomic E-state index is -4.44. The molecule has 1 aliphatic heterocycles. The van der Waals surface area contributed by atoms with Gasteiger partial charge in [-0.3, -0.25) is 5.41 Å². The Labute approximate surface area is 191 Å². The Morgan fingerprint density at radius 2 is 1.84 bits per heavy atom. The van der Waals surface area contributed by atoms with Crippen molar-refractivity contribution >= 4 is 26.4 Å². The predicted octanol–water partition coefficient (Wildman–Crippen LogP) is 3.27. The first-order valence-corrected chi connectivity index (χ1v) is 11.4. The first kappa shape index (κ1) is 26.4. The molecule has 0 bridgehead atoms. The average Bonchev–Trinajstić information content (AvgIpc) is 2.66. The van der Waals surface area contributed by atoms with Crippen LogP contribution in [0.3, 0.4) is 0 Å². The van der Waals surface area contributed by atoms with Crippen LogP contribution in [-0.4, -0.2) is 67.0 Å². The summed E-state index contributed by atoms with van der Waals surface area (Å²) in [5, 5.41) is 14.5. The Hall–Kier alpha value is -1.86. The molecule has 2 rings (SSSR count). The van der Waals surface area contributed by atoms with E-state index in [1.165, 1.54) is 0 Å². The van der Waals surface area contributed by atoms with E-state index in [2.05, 4.69) is 24.8 Å². The summed E-state index contributed by atoms with van der Waals surface area (Å²) in [7, 11) is 4.04. The summed E-state index contributed by atoms with van der Waals surface area (Å²) in [4.78, 5) is 15.9. The third-order valence-electron chi connectivity index (χ3n) is 5.38. The quantitative estimate of drug-likeness (QED) is 0.337. The molecule has 3 N–H and O–H groups in total. The number of nitrogens with one attached hydrogen (secondary N) is 3. The highest BCUT2D eigenvalue weighted by Crippen LogP contribution is 2.30. The molecule has 1 aromatic rings. The van der Waals surface area contributed by atoms with Crippen molar-refractivity contribution in [2.24, 2.45) is 5.92 Å². The molecule has 1 heterocycles. The molecule has 1 fully saturated rings. The van der Waals surface area contributed by atoms with Crippen LogP contribution in [0.2, 0.25) is 0 Å². The maximum Gasteiger partial charge on any atom is 0.416 e. The number of urea groups is 1. The Kier molecular flexibility index (Phi) is 8.94. The number of carbonyl (C=O) groups is 1. The van der Waals surface area contributed by atoms with Crippen molar-refractivity contribution in [1.82, 2.24) is 20.4 Å². The molecule has 1 saturated heterocycles. The van der Waals surface area contributed by atoms with Crippen LogP contribution in [0.4, 0.5) is 18.0 Å². The molecule has 0 saturated carbocycles. The van der Waals surface area contributed by atoms with Crippen molar-refractivity contribution in [3.63, 3.8) is 0 Å². The molecule has 0 radical (unpaired) electrons. The van der Waals surface area contributed by atoms with Gasteiger partial charge in [-0.1, -0.05) is 0 Å². The number of halogens is 3. The van der Waals surface area contributed by atoms with E-state index < -0.39 is 11.7 Å². The average molecular weight is 474 g/mol. The lowest BCUT2D eigenvalue weighted by atomic mass is 9.96. The number of carbonyl (C=O) groups excluding carboxylic acids is 1. The van der Waals surface area contributed by atoms with Gasteiger partial charge in [0.1, 0.15) is 5.84 Å². The van der Waals surface area contributed by atoms with Crippen molar-refractivity contribution in [2.75, 3.05) is 39.8 Å². The second-order valence-electron chi connectivity index (χ2n) is 9.49. The van der Waals surface area contributed by atoms with Crippen molar-refractivity contribution in [3.8, 4) is 0 Å². The van der Waals surface area contributed by atoms with Gasteiger partial charge >= 0.3 is 12.2 Å². The number of benzene rings is 1. The molecule has 0 spiro atoms. The smallest absolute Gasteiger partial charge is 0.359 e. The maximum absolute atomic E-state index is 13.1. The summed E-state index contributed by atoms with van der Waals surface area (Å²) in [6.45, 7) is 9.56. The standard InChI is InChI=1S/C22H35F3N5OP/c1-21(2,3)28-20(31)27-7-10-30-8-5-15(6-9-30)14-29(4)19(26)16-11-17(22(23,24)25)13-18(32)12-16/h11-13,15,26H,5-10,14,32H2,1-4H3,(H2,27,28,31). The van der Waals surface area contributed by atoms with Gasteiger partial charge in [0.15, 0.2) is 0 Å². The molecule has 6 nitrogen and oxygen atoms in total. The predicted molar refractivity (Wildman–Crippen MR) is 126 cm³/mol. The maximum atomic E-state index is 13.1. The second-order valence-corrected chi connectivity index (χ2v) is 10.2. The van der Waals surface area contributed by atoms with Gasteiger partial charge in [0, 0.05) is 37.8 Å². The van der Waals surface area contributed by atoms with Gasteiger partial charge in [-0.2, -0.15) is 13.2 Å². The molecule has 1 unspecified atom stereocenters. The highest BCUT2D eigenvalue weighted by atomic mass is 31.0. The fourth-order valence-electron chi connectivity index (χ4n) is 3.76. The molecule has 32 heavy (non-hydrogen) atoms. The summed E-state index contributed by atoms with van der Waals surface area (Å²) in [5.74, 6) is 0.464. The Morgan fingerprint density at radius 3 is 2.41 bits per heavy atom. The third-order valence-corrected chi connectivity index (χ3v) is 5.71. The van der Waals surface area contributed by atoms with Gasteiger partial charge in [0.25, 0.3) is 0 Å². The molecular formula is C22H35F3N5OP. The van der Waals surface area contributed by atoms with Gasteiger partial charge in [-0.05, 0) is 76.1 Å². The Morgan fingerprint density at radius 1 is 1.22 bits per heavy atom. The minimum absolute atomic E-state index is 0.0938. The van der Waals surface area contributed by atoms with Crippen LogP contribution in [0.1, 0.15) is 44.7 Å². The van der Waals surface area contributed by atoms with Gasteiger partial charge in [-0.15, -0.1) is 9.24 Å².